The molecule has 1 heterocycles. The van der Waals surface area contributed by atoms with Gasteiger partial charge in [-0.3, -0.25) is 9.10 Å². The number of anilines is 1. The van der Waals surface area contributed by atoms with E-state index in [1.165, 1.54) is 15.6 Å². The Labute approximate surface area is 144 Å². The summed E-state index contributed by atoms with van der Waals surface area (Å²) in [5.74, 6) is -0.213. The lowest BCUT2D eigenvalue weighted by molar-refractivity contribution is 0.0959. The molecule has 0 fully saturated rings. The van der Waals surface area contributed by atoms with Crippen molar-refractivity contribution in [2.45, 2.75) is 6.92 Å². The van der Waals surface area contributed by atoms with Gasteiger partial charge in [-0.05, 0) is 36.1 Å². The van der Waals surface area contributed by atoms with Gasteiger partial charge in [0.05, 0.1) is 23.4 Å². The van der Waals surface area contributed by atoms with Crippen molar-refractivity contribution in [3.05, 3.63) is 51.2 Å². The molecular formula is C15H17ClN2O3S2. The van der Waals surface area contributed by atoms with Crippen molar-refractivity contribution in [1.29, 1.82) is 0 Å². The number of aryl methyl sites for hydroxylation is 1. The number of carbonyl (C=O) groups is 1. The molecule has 0 spiro atoms. The molecule has 0 aliphatic carbocycles. The summed E-state index contributed by atoms with van der Waals surface area (Å²) in [7, 11) is -3.47. The predicted octanol–water partition coefficient (Wildman–Crippen LogP) is 2.91. The van der Waals surface area contributed by atoms with Crippen LogP contribution in [0.3, 0.4) is 0 Å². The fraction of sp³-hybridized carbons (Fsp3) is 0.267. The third kappa shape index (κ3) is 4.70. The van der Waals surface area contributed by atoms with E-state index in [-0.39, 0.29) is 19.0 Å². The number of benzene rings is 1. The highest BCUT2D eigenvalue weighted by Crippen LogP contribution is 2.24. The predicted molar refractivity (Wildman–Crippen MR) is 95.0 cm³/mol. The second-order valence-corrected chi connectivity index (χ2v) is 8.26. The van der Waals surface area contributed by atoms with Gasteiger partial charge in [0.15, 0.2) is 0 Å². The molecule has 1 aromatic carbocycles. The average Bonchev–Trinajstić information content (AvgIpc) is 2.99. The van der Waals surface area contributed by atoms with E-state index in [9.17, 15) is 13.2 Å². The van der Waals surface area contributed by atoms with Gasteiger partial charge in [0, 0.05) is 11.6 Å². The zero-order valence-corrected chi connectivity index (χ0v) is 15.1. The largest absolute Gasteiger partial charge is 0.350 e. The van der Waals surface area contributed by atoms with E-state index in [0.717, 1.165) is 11.8 Å². The SMILES string of the molecule is Cc1ccc(N(CCNC(=O)c2cccs2)S(C)(=O)=O)cc1Cl. The van der Waals surface area contributed by atoms with Gasteiger partial charge >= 0.3 is 0 Å². The first-order valence-electron chi connectivity index (χ1n) is 6.84. The second kappa shape index (κ2) is 7.33. The van der Waals surface area contributed by atoms with E-state index in [4.69, 9.17) is 11.6 Å². The number of hydrogen-bond acceptors (Lipinski definition) is 4. The summed E-state index contributed by atoms with van der Waals surface area (Å²) < 4.78 is 25.2. The summed E-state index contributed by atoms with van der Waals surface area (Å²) in [5, 5.41) is 5.03. The Hall–Kier alpha value is -1.57. The third-order valence-electron chi connectivity index (χ3n) is 3.19. The average molecular weight is 373 g/mol. The van der Waals surface area contributed by atoms with E-state index in [2.05, 4.69) is 5.32 Å². The summed E-state index contributed by atoms with van der Waals surface area (Å²) in [6.45, 7) is 2.18. The molecule has 0 atom stereocenters. The van der Waals surface area contributed by atoms with Crippen LogP contribution in [-0.4, -0.2) is 33.7 Å². The highest BCUT2D eigenvalue weighted by atomic mass is 35.5. The fourth-order valence-corrected chi connectivity index (χ4v) is 3.72. The molecule has 1 N–H and O–H groups in total. The van der Waals surface area contributed by atoms with Crippen LogP contribution < -0.4 is 9.62 Å². The number of halogens is 1. The van der Waals surface area contributed by atoms with Crippen molar-refractivity contribution < 1.29 is 13.2 Å². The number of thiophene rings is 1. The van der Waals surface area contributed by atoms with Crippen LogP contribution in [0.1, 0.15) is 15.2 Å². The van der Waals surface area contributed by atoms with Crippen LogP contribution in [0.5, 0.6) is 0 Å². The van der Waals surface area contributed by atoms with Gasteiger partial charge in [0.25, 0.3) is 5.91 Å². The Kier molecular flexibility index (Phi) is 5.67. The normalized spacial score (nSPS) is 11.3. The fourth-order valence-electron chi connectivity index (χ4n) is 1.99. The molecule has 0 saturated carbocycles. The lowest BCUT2D eigenvalue weighted by atomic mass is 10.2. The Morgan fingerprint density at radius 2 is 2.09 bits per heavy atom. The minimum atomic E-state index is -3.47. The molecule has 0 aliphatic rings. The number of carbonyl (C=O) groups excluding carboxylic acids is 1. The van der Waals surface area contributed by atoms with Crippen LogP contribution in [0, 0.1) is 6.92 Å². The zero-order chi connectivity index (χ0) is 17.0. The van der Waals surface area contributed by atoms with Gasteiger partial charge in [-0.2, -0.15) is 0 Å². The summed E-state index contributed by atoms with van der Waals surface area (Å²) in [5.41, 5.74) is 1.35. The maximum Gasteiger partial charge on any atom is 0.261 e. The molecule has 0 aliphatic heterocycles. The third-order valence-corrected chi connectivity index (χ3v) is 5.66. The molecule has 5 nitrogen and oxygen atoms in total. The maximum absolute atomic E-state index is 12.0. The first-order chi connectivity index (χ1) is 10.8. The first-order valence-corrected chi connectivity index (χ1v) is 9.95. The Morgan fingerprint density at radius 1 is 1.35 bits per heavy atom. The van der Waals surface area contributed by atoms with Crippen molar-refractivity contribution in [3.8, 4) is 0 Å². The molecule has 8 heteroatoms. The molecule has 23 heavy (non-hydrogen) atoms. The quantitative estimate of drug-likeness (QED) is 0.847. The van der Waals surface area contributed by atoms with Crippen molar-refractivity contribution in [1.82, 2.24) is 5.32 Å². The minimum Gasteiger partial charge on any atom is -0.350 e. The molecule has 0 saturated heterocycles. The molecule has 0 bridgehead atoms. The number of sulfonamides is 1. The molecule has 2 aromatic rings. The van der Waals surface area contributed by atoms with Crippen molar-refractivity contribution in [2.75, 3.05) is 23.7 Å². The van der Waals surface area contributed by atoms with Gasteiger partial charge in [-0.25, -0.2) is 8.42 Å². The van der Waals surface area contributed by atoms with Crippen LogP contribution in [0.2, 0.25) is 5.02 Å². The summed E-state index contributed by atoms with van der Waals surface area (Å²) in [4.78, 5) is 12.5. The lowest BCUT2D eigenvalue weighted by Crippen LogP contribution is -2.38. The molecule has 0 radical (unpaired) electrons. The van der Waals surface area contributed by atoms with Crippen LogP contribution in [0.4, 0.5) is 5.69 Å². The molecule has 124 valence electrons. The van der Waals surface area contributed by atoms with Crippen molar-refractivity contribution in [2.24, 2.45) is 0 Å². The second-order valence-electron chi connectivity index (χ2n) is 5.00. The number of amides is 1. The standard InChI is InChI=1S/C15H17ClN2O3S2/c1-11-5-6-12(10-13(11)16)18(23(2,20)21)8-7-17-15(19)14-4-3-9-22-14/h3-6,9-10H,7-8H2,1-2H3,(H,17,19). The smallest absolute Gasteiger partial charge is 0.261 e. The first kappa shape index (κ1) is 17.8. The minimum absolute atomic E-state index is 0.134. The Balaban J connectivity index is 2.08. The van der Waals surface area contributed by atoms with Crippen LogP contribution in [0.15, 0.2) is 35.7 Å². The highest BCUT2D eigenvalue weighted by molar-refractivity contribution is 7.92. The van der Waals surface area contributed by atoms with Gasteiger partial charge in [-0.15, -0.1) is 11.3 Å². The van der Waals surface area contributed by atoms with Crippen LogP contribution in [-0.2, 0) is 10.0 Å². The summed E-state index contributed by atoms with van der Waals surface area (Å²) >= 11 is 7.40. The Bertz CT molecular complexity index is 789. The van der Waals surface area contributed by atoms with Crippen LogP contribution in [0.25, 0.3) is 0 Å². The monoisotopic (exact) mass is 372 g/mol. The Morgan fingerprint density at radius 3 is 2.65 bits per heavy atom. The highest BCUT2D eigenvalue weighted by Gasteiger charge is 2.18. The number of hydrogen-bond donors (Lipinski definition) is 1. The van der Waals surface area contributed by atoms with Crippen molar-refractivity contribution >= 4 is 44.6 Å². The topological polar surface area (TPSA) is 66.5 Å². The van der Waals surface area contributed by atoms with Gasteiger partial charge < -0.3 is 5.32 Å². The molecular weight excluding hydrogens is 356 g/mol. The number of nitrogens with one attached hydrogen (secondary N) is 1. The van der Waals surface area contributed by atoms with Gasteiger partial charge in [0.2, 0.25) is 10.0 Å². The van der Waals surface area contributed by atoms with E-state index in [1.807, 2.05) is 12.3 Å². The van der Waals surface area contributed by atoms with E-state index < -0.39 is 10.0 Å². The summed E-state index contributed by atoms with van der Waals surface area (Å²) in [6, 6.07) is 8.58. The van der Waals surface area contributed by atoms with E-state index in [1.54, 1.807) is 30.3 Å². The van der Waals surface area contributed by atoms with Crippen LogP contribution >= 0.6 is 22.9 Å². The lowest BCUT2D eigenvalue weighted by Gasteiger charge is -2.23. The van der Waals surface area contributed by atoms with Gasteiger partial charge in [-0.1, -0.05) is 23.7 Å². The van der Waals surface area contributed by atoms with Gasteiger partial charge in [0.1, 0.15) is 0 Å². The number of rotatable bonds is 6. The zero-order valence-electron chi connectivity index (χ0n) is 12.7. The number of nitrogens with zero attached hydrogens (tertiary/aromatic N) is 1. The molecule has 1 aromatic heterocycles. The molecule has 2 rings (SSSR count). The molecule has 0 unspecified atom stereocenters. The molecule has 1 amide bonds. The summed E-state index contributed by atoms with van der Waals surface area (Å²) in [6.07, 6.45) is 1.13. The maximum atomic E-state index is 12.0. The van der Waals surface area contributed by atoms with E-state index >= 15 is 0 Å². The van der Waals surface area contributed by atoms with E-state index in [0.29, 0.717) is 15.6 Å². The van der Waals surface area contributed by atoms with Crippen molar-refractivity contribution in [3.63, 3.8) is 0 Å².